The predicted molar refractivity (Wildman–Crippen MR) is 77.2 cm³/mol. The second-order valence-electron chi connectivity index (χ2n) is 4.92. The van der Waals surface area contributed by atoms with E-state index < -0.39 is 0 Å². The average Bonchev–Trinajstić information content (AvgIpc) is 2.67. The first-order chi connectivity index (χ1) is 8.35. The van der Waals surface area contributed by atoms with E-state index in [4.69, 9.17) is 5.73 Å². The van der Waals surface area contributed by atoms with Gasteiger partial charge in [-0.2, -0.15) is 0 Å². The molecule has 0 radical (unpaired) electrons. The molecule has 2 N–H and O–H groups in total. The molecule has 0 aliphatic carbocycles. The summed E-state index contributed by atoms with van der Waals surface area (Å²) in [7, 11) is 0. The first-order valence-electron chi connectivity index (χ1n) is 5.54. The molecule has 0 aliphatic heterocycles. The quantitative estimate of drug-likeness (QED) is 0.925. The van der Waals surface area contributed by atoms with Crippen molar-refractivity contribution in [2.75, 3.05) is 0 Å². The van der Waals surface area contributed by atoms with E-state index in [0.717, 1.165) is 9.48 Å². The monoisotopic (exact) mass is 328 g/mol. The summed E-state index contributed by atoms with van der Waals surface area (Å²) in [6.07, 6.45) is 0.688. The SMILES string of the molecule is CC(C)(N)Cc1nc(-c2cc(Br)ccc2F)cs1. The third kappa shape index (κ3) is 3.37. The Kier molecular flexibility index (Phi) is 3.84. The molecule has 0 spiro atoms. The minimum absolute atomic E-state index is 0.262. The molecule has 0 unspecified atom stereocenters. The zero-order valence-electron chi connectivity index (χ0n) is 10.2. The van der Waals surface area contributed by atoms with E-state index in [2.05, 4.69) is 20.9 Å². The van der Waals surface area contributed by atoms with Crippen LogP contribution in [0.1, 0.15) is 18.9 Å². The third-order valence-electron chi connectivity index (χ3n) is 2.36. The van der Waals surface area contributed by atoms with Crippen LogP contribution in [0.15, 0.2) is 28.1 Å². The highest BCUT2D eigenvalue weighted by Crippen LogP contribution is 2.28. The number of hydrogen-bond donors (Lipinski definition) is 1. The van der Waals surface area contributed by atoms with Crippen molar-refractivity contribution in [3.8, 4) is 11.3 Å². The maximum atomic E-state index is 13.7. The smallest absolute Gasteiger partial charge is 0.132 e. The van der Waals surface area contributed by atoms with Gasteiger partial charge in [-0.15, -0.1) is 11.3 Å². The number of hydrogen-bond acceptors (Lipinski definition) is 3. The first-order valence-corrected chi connectivity index (χ1v) is 7.21. The summed E-state index contributed by atoms with van der Waals surface area (Å²) in [5, 5.41) is 2.79. The van der Waals surface area contributed by atoms with Gasteiger partial charge in [0.05, 0.1) is 10.7 Å². The van der Waals surface area contributed by atoms with Gasteiger partial charge < -0.3 is 5.73 Å². The summed E-state index contributed by atoms with van der Waals surface area (Å²) in [5.41, 5.74) is 6.83. The Bertz CT molecular complexity index is 560. The molecule has 0 amide bonds. The van der Waals surface area contributed by atoms with E-state index in [0.29, 0.717) is 17.7 Å². The zero-order chi connectivity index (χ0) is 13.3. The third-order valence-corrected chi connectivity index (χ3v) is 3.71. The Morgan fingerprint density at radius 3 is 2.83 bits per heavy atom. The molecule has 0 saturated carbocycles. The number of halogens is 2. The largest absolute Gasteiger partial charge is 0.325 e. The van der Waals surface area contributed by atoms with E-state index in [1.165, 1.54) is 17.4 Å². The average molecular weight is 329 g/mol. The molecule has 1 aromatic carbocycles. The summed E-state index contributed by atoms with van der Waals surface area (Å²) in [4.78, 5) is 4.45. The van der Waals surface area contributed by atoms with Gasteiger partial charge in [0.1, 0.15) is 5.82 Å². The maximum absolute atomic E-state index is 13.7. The molecule has 5 heteroatoms. The summed E-state index contributed by atoms with van der Waals surface area (Å²) < 4.78 is 14.6. The van der Waals surface area contributed by atoms with Crippen molar-refractivity contribution in [2.45, 2.75) is 25.8 Å². The topological polar surface area (TPSA) is 38.9 Å². The van der Waals surface area contributed by atoms with Crippen LogP contribution in [0.3, 0.4) is 0 Å². The van der Waals surface area contributed by atoms with Crippen molar-refractivity contribution >= 4 is 27.3 Å². The predicted octanol–water partition coefficient (Wildman–Crippen LogP) is 3.99. The lowest BCUT2D eigenvalue weighted by atomic mass is 10.0. The number of thiazole rings is 1. The molecule has 0 saturated heterocycles. The lowest BCUT2D eigenvalue weighted by Gasteiger charge is -2.15. The first kappa shape index (κ1) is 13.6. The van der Waals surface area contributed by atoms with Crippen molar-refractivity contribution in [1.29, 1.82) is 0 Å². The van der Waals surface area contributed by atoms with Crippen molar-refractivity contribution < 1.29 is 4.39 Å². The fraction of sp³-hybridized carbons (Fsp3) is 0.308. The summed E-state index contributed by atoms with van der Waals surface area (Å²) in [6.45, 7) is 3.90. The number of nitrogens with two attached hydrogens (primary N) is 1. The Hall–Kier alpha value is -0.780. The van der Waals surface area contributed by atoms with Gasteiger partial charge in [0.25, 0.3) is 0 Å². The molecule has 0 fully saturated rings. The van der Waals surface area contributed by atoms with Crippen molar-refractivity contribution in [3.05, 3.63) is 38.9 Å². The van der Waals surface area contributed by atoms with Crippen LogP contribution in [0.4, 0.5) is 4.39 Å². The van der Waals surface area contributed by atoms with Gasteiger partial charge in [0.15, 0.2) is 0 Å². The van der Waals surface area contributed by atoms with Crippen LogP contribution in [0.5, 0.6) is 0 Å². The van der Waals surface area contributed by atoms with Crippen LogP contribution in [0, 0.1) is 5.82 Å². The van der Waals surface area contributed by atoms with Crippen LogP contribution in [0.25, 0.3) is 11.3 Å². The van der Waals surface area contributed by atoms with E-state index in [1.54, 1.807) is 12.1 Å². The van der Waals surface area contributed by atoms with Crippen molar-refractivity contribution in [3.63, 3.8) is 0 Å². The molecule has 2 aromatic rings. The second-order valence-corrected chi connectivity index (χ2v) is 6.77. The second kappa shape index (κ2) is 5.07. The Morgan fingerprint density at radius 1 is 1.44 bits per heavy atom. The zero-order valence-corrected chi connectivity index (χ0v) is 12.6. The number of rotatable bonds is 3. The molecule has 2 nitrogen and oxygen atoms in total. The molecule has 1 heterocycles. The molecule has 0 atom stereocenters. The van der Waals surface area contributed by atoms with Crippen LogP contribution < -0.4 is 5.73 Å². The minimum atomic E-state index is -0.301. The molecule has 96 valence electrons. The van der Waals surface area contributed by atoms with Crippen LogP contribution in [-0.2, 0) is 6.42 Å². The standard InChI is InChI=1S/C13H14BrFN2S/c1-13(2,16)6-12-17-11(7-18-12)9-5-8(14)3-4-10(9)15/h3-5,7H,6,16H2,1-2H3. The van der Waals surface area contributed by atoms with E-state index in [1.807, 2.05) is 19.2 Å². The van der Waals surface area contributed by atoms with Gasteiger partial charge in [-0.1, -0.05) is 15.9 Å². The normalized spacial score (nSPS) is 11.8. The van der Waals surface area contributed by atoms with Crippen LogP contribution >= 0.6 is 27.3 Å². The molecular weight excluding hydrogens is 315 g/mol. The number of nitrogens with zero attached hydrogens (tertiary/aromatic N) is 1. The number of benzene rings is 1. The van der Waals surface area contributed by atoms with Crippen molar-refractivity contribution in [2.24, 2.45) is 5.73 Å². The van der Waals surface area contributed by atoms with E-state index >= 15 is 0 Å². The molecule has 2 rings (SSSR count). The maximum Gasteiger partial charge on any atom is 0.132 e. The highest BCUT2D eigenvalue weighted by atomic mass is 79.9. The van der Waals surface area contributed by atoms with Gasteiger partial charge in [-0.25, -0.2) is 9.37 Å². The molecule has 1 aromatic heterocycles. The lowest BCUT2D eigenvalue weighted by Crippen LogP contribution is -2.34. The van der Waals surface area contributed by atoms with Gasteiger partial charge in [-0.3, -0.25) is 0 Å². The van der Waals surface area contributed by atoms with Crippen LogP contribution in [-0.4, -0.2) is 10.5 Å². The van der Waals surface area contributed by atoms with Gasteiger partial charge in [0.2, 0.25) is 0 Å². The van der Waals surface area contributed by atoms with Gasteiger partial charge in [0, 0.05) is 27.4 Å². The Morgan fingerprint density at radius 2 is 2.17 bits per heavy atom. The van der Waals surface area contributed by atoms with Gasteiger partial charge >= 0.3 is 0 Å². The van der Waals surface area contributed by atoms with Crippen molar-refractivity contribution in [1.82, 2.24) is 4.98 Å². The summed E-state index contributed by atoms with van der Waals surface area (Å²) >= 11 is 4.85. The molecule has 0 aliphatic rings. The number of aromatic nitrogens is 1. The molecular formula is C13H14BrFN2S. The Balaban J connectivity index is 2.32. The van der Waals surface area contributed by atoms with E-state index in [-0.39, 0.29) is 11.4 Å². The summed E-state index contributed by atoms with van der Waals surface area (Å²) in [6, 6.07) is 4.85. The molecule has 0 bridgehead atoms. The Labute approximate surface area is 118 Å². The highest BCUT2D eigenvalue weighted by molar-refractivity contribution is 9.10. The lowest BCUT2D eigenvalue weighted by molar-refractivity contribution is 0.515. The van der Waals surface area contributed by atoms with Gasteiger partial charge in [-0.05, 0) is 32.0 Å². The highest BCUT2D eigenvalue weighted by Gasteiger charge is 2.16. The van der Waals surface area contributed by atoms with Crippen LogP contribution in [0.2, 0.25) is 0 Å². The fourth-order valence-electron chi connectivity index (χ4n) is 1.60. The minimum Gasteiger partial charge on any atom is -0.325 e. The summed E-state index contributed by atoms with van der Waals surface area (Å²) in [5.74, 6) is -0.262. The molecule has 18 heavy (non-hydrogen) atoms. The van der Waals surface area contributed by atoms with E-state index in [9.17, 15) is 4.39 Å². The fourth-order valence-corrected chi connectivity index (χ4v) is 2.99.